The fourth-order valence-electron chi connectivity index (χ4n) is 1.60. The topological polar surface area (TPSA) is 48.1 Å². The molecule has 1 heterocycles. The summed E-state index contributed by atoms with van der Waals surface area (Å²) in [5, 5.41) is 0.951. The van der Waals surface area contributed by atoms with Crippen LogP contribution in [0.2, 0.25) is 0 Å². The zero-order valence-corrected chi connectivity index (χ0v) is 10.8. The molecule has 0 aliphatic carbocycles. The van der Waals surface area contributed by atoms with Gasteiger partial charge in [-0.3, -0.25) is 0 Å². The van der Waals surface area contributed by atoms with E-state index in [4.69, 9.17) is 10.5 Å². The quantitative estimate of drug-likeness (QED) is 0.905. The summed E-state index contributed by atoms with van der Waals surface area (Å²) in [6.45, 7) is 4.68. The molecule has 1 aromatic heterocycles. The molecule has 2 N–H and O–H groups in total. The normalized spacial score (nSPS) is 12.4. The van der Waals surface area contributed by atoms with Crippen molar-refractivity contribution in [3.63, 3.8) is 0 Å². The summed E-state index contributed by atoms with van der Waals surface area (Å²) >= 11 is 1.64. The second-order valence-electron chi connectivity index (χ2n) is 3.79. The average molecular weight is 248 g/mol. The summed E-state index contributed by atoms with van der Waals surface area (Å²) in [7, 11) is 0. The molecule has 90 valence electrons. The van der Waals surface area contributed by atoms with Gasteiger partial charge in [-0.05, 0) is 31.5 Å². The van der Waals surface area contributed by atoms with E-state index >= 15 is 0 Å². The van der Waals surface area contributed by atoms with E-state index in [-0.39, 0.29) is 6.04 Å². The number of ether oxygens (including phenoxy) is 1. The Morgan fingerprint density at radius 1 is 1.35 bits per heavy atom. The number of aromatic nitrogens is 1. The van der Waals surface area contributed by atoms with Gasteiger partial charge in [0.25, 0.3) is 0 Å². The van der Waals surface area contributed by atoms with E-state index in [9.17, 15) is 0 Å². The lowest BCUT2D eigenvalue weighted by Gasteiger charge is -2.10. The minimum Gasteiger partial charge on any atom is -0.494 e. The molecule has 1 atom stereocenters. The second-order valence-corrected chi connectivity index (χ2v) is 5.06. The summed E-state index contributed by atoms with van der Waals surface area (Å²) in [5.41, 5.74) is 7.22. The van der Waals surface area contributed by atoms with Gasteiger partial charge in [0.2, 0.25) is 0 Å². The first-order chi connectivity index (χ1) is 8.20. The summed E-state index contributed by atoms with van der Waals surface area (Å²) < 4.78 is 5.40. The highest BCUT2D eigenvalue weighted by atomic mass is 32.1. The van der Waals surface area contributed by atoms with Gasteiger partial charge in [0.1, 0.15) is 10.8 Å². The van der Waals surface area contributed by atoms with Crippen LogP contribution in [0.5, 0.6) is 5.75 Å². The third-order valence-corrected chi connectivity index (χ3v) is 3.45. The molecule has 2 aromatic rings. The van der Waals surface area contributed by atoms with Crippen molar-refractivity contribution >= 4 is 11.3 Å². The maximum Gasteiger partial charge on any atom is 0.119 e. The Hall–Kier alpha value is -1.39. The summed E-state index contributed by atoms with van der Waals surface area (Å²) in [4.78, 5) is 5.49. The Kier molecular flexibility index (Phi) is 3.76. The van der Waals surface area contributed by atoms with Gasteiger partial charge in [0.05, 0.1) is 12.6 Å². The molecule has 0 spiro atoms. The molecule has 3 nitrogen and oxygen atoms in total. The van der Waals surface area contributed by atoms with Crippen LogP contribution in [0, 0.1) is 6.92 Å². The van der Waals surface area contributed by atoms with E-state index < -0.39 is 0 Å². The highest BCUT2D eigenvalue weighted by molar-refractivity contribution is 7.11. The predicted octanol–water partition coefficient (Wildman–Crippen LogP) is 2.90. The van der Waals surface area contributed by atoms with E-state index in [1.54, 1.807) is 11.3 Å². The number of hydrogen-bond acceptors (Lipinski definition) is 4. The molecule has 0 amide bonds. The van der Waals surface area contributed by atoms with E-state index in [1.165, 1.54) is 4.88 Å². The van der Waals surface area contributed by atoms with Gasteiger partial charge < -0.3 is 10.5 Å². The SMILES string of the molecule is CCOc1ccc(C(N)c2ncc(C)s2)cc1. The molecule has 0 aliphatic rings. The van der Waals surface area contributed by atoms with E-state index in [1.807, 2.05) is 44.3 Å². The lowest BCUT2D eigenvalue weighted by atomic mass is 10.1. The number of aryl methyl sites for hydroxylation is 1. The number of nitrogens with two attached hydrogens (primary N) is 1. The summed E-state index contributed by atoms with van der Waals surface area (Å²) in [6.07, 6.45) is 1.86. The van der Waals surface area contributed by atoms with Crippen molar-refractivity contribution in [2.24, 2.45) is 5.73 Å². The first-order valence-electron chi connectivity index (χ1n) is 5.61. The molecule has 17 heavy (non-hydrogen) atoms. The standard InChI is InChI=1S/C13H16N2OS/c1-3-16-11-6-4-10(5-7-11)12(14)13-15-8-9(2)17-13/h4-8,12H,3,14H2,1-2H3. The molecule has 0 saturated carbocycles. The molecule has 1 aromatic carbocycles. The number of nitrogens with zero attached hydrogens (tertiary/aromatic N) is 1. The zero-order chi connectivity index (χ0) is 12.3. The van der Waals surface area contributed by atoms with Gasteiger partial charge in [-0.25, -0.2) is 4.98 Å². The third kappa shape index (κ3) is 2.84. The molecular weight excluding hydrogens is 232 g/mol. The largest absolute Gasteiger partial charge is 0.494 e. The Bertz CT molecular complexity index is 478. The molecule has 0 saturated heterocycles. The minimum atomic E-state index is -0.149. The van der Waals surface area contributed by atoms with Gasteiger partial charge in [-0.1, -0.05) is 12.1 Å². The van der Waals surface area contributed by atoms with Crippen molar-refractivity contribution < 1.29 is 4.74 Å². The molecule has 0 radical (unpaired) electrons. The van der Waals surface area contributed by atoms with Crippen molar-refractivity contribution in [3.8, 4) is 5.75 Å². The van der Waals surface area contributed by atoms with Gasteiger partial charge in [-0.2, -0.15) is 0 Å². The average Bonchev–Trinajstić information content (AvgIpc) is 2.76. The third-order valence-electron chi connectivity index (χ3n) is 2.46. The molecular formula is C13H16N2OS. The van der Waals surface area contributed by atoms with Crippen molar-refractivity contribution in [3.05, 3.63) is 45.9 Å². The monoisotopic (exact) mass is 248 g/mol. The Balaban J connectivity index is 2.16. The van der Waals surface area contributed by atoms with Gasteiger partial charge >= 0.3 is 0 Å². The van der Waals surface area contributed by atoms with Crippen LogP contribution in [0.15, 0.2) is 30.5 Å². The Morgan fingerprint density at radius 2 is 2.06 bits per heavy atom. The van der Waals surface area contributed by atoms with Gasteiger partial charge in [-0.15, -0.1) is 11.3 Å². The lowest BCUT2D eigenvalue weighted by molar-refractivity contribution is 0.340. The molecule has 2 rings (SSSR count). The second kappa shape index (κ2) is 5.29. The fourth-order valence-corrected chi connectivity index (χ4v) is 2.40. The predicted molar refractivity (Wildman–Crippen MR) is 70.5 cm³/mol. The molecule has 0 fully saturated rings. The van der Waals surface area contributed by atoms with Crippen LogP contribution in [0.1, 0.15) is 28.4 Å². The minimum absolute atomic E-state index is 0.149. The van der Waals surface area contributed by atoms with Gasteiger partial charge in [0, 0.05) is 11.1 Å². The first-order valence-corrected chi connectivity index (χ1v) is 6.43. The number of benzene rings is 1. The van der Waals surface area contributed by atoms with E-state index in [2.05, 4.69) is 4.98 Å². The van der Waals surface area contributed by atoms with E-state index in [0.717, 1.165) is 16.3 Å². The van der Waals surface area contributed by atoms with Gasteiger partial charge in [0.15, 0.2) is 0 Å². The van der Waals surface area contributed by atoms with Crippen molar-refractivity contribution in [2.45, 2.75) is 19.9 Å². The molecule has 0 aliphatic heterocycles. The van der Waals surface area contributed by atoms with Crippen LogP contribution >= 0.6 is 11.3 Å². The van der Waals surface area contributed by atoms with Crippen LogP contribution in [-0.2, 0) is 0 Å². The summed E-state index contributed by atoms with van der Waals surface area (Å²) in [6, 6.07) is 7.72. The molecule has 4 heteroatoms. The van der Waals surface area contributed by atoms with Crippen LogP contribution in [0.25, 0.3) is 0 Å². The smallest absolute Gasteiger partial charge is 0.119 e. The lowest BCUT2D eigenvalue weighted by Crippen LogP contribution is -2.11. The zero-order valence-electron chi connectivity index (χ0n) is 10.0. The maximum absolute atomic E-state index is 6.16. The number of hydrogen-bond donors (Lipinski definition) is 1. The first kappa shape index (κ1) is 12.1. The maximum atomic E-state index is 6.16. The van der Waals surface area contributed by atoms with Crippen LogP contribution < -0.4 is 10.5 Å². The van der Waals surface area contributed by atoms with Crippen LogP contribution in [-0.4, -0.2) is 11.6 Å². The number of thiazole rings is 1. The Labute approximate surface area is 105 Å². The highest BCUT2D eigenvalue weighted by Crippen LogP contribution is 2.25. The van der Waals surface area contributed by atoms with Crippen molar-refractivity contribution in [1.82, 2.24) is 4.98 Å². The van der Waals surface area contributed by atoms with Crippen molar-refractivity contribution in [2.75, 3.05) is 6.61 Å². The molecule has 0 bridgehead atoms. The van der Waals surface area contributed by atoms with Crippen LogP contribution in [0.3, 0.4) is 0 Å². The highest BCUT2D eigenvalue weighted by Gasteiger charge is 2.12. The Morgan fingerprint density at radius 3 is 2.59 bits per heavy atom. The van der Waals surface area contributed by atoms with E-state index in [0.29, 0.717) is 6.61 Å². The number of rotatable bonds is 4. The van der Waals surface area contributed by atoms with Crippen molar-refractivity contribution in [1.29, 1.82) is 0 Å². The fraction of sp³-hybridized carbons (Fsp3) is 0.308. The van der Waals surface area contributed by atoms with Crippen LogP contribution in [0.4, 0.5) is 0 Å². The summed E-state index contributed by atoms with van der Waals surface area (Å²) in [5.74, 6) is 0.874. The molecule has 1 unspecified atom stereocenters.